The van der Waals surface area contributed by atoms with Gasteiger partial charge in [0, 0.05) is 25.4 Å². The maximum Gasteiger partial charge on any atom is 0.389 e. The summed E-state index contributed by atoms with van der Waals surface area (Å²) in [5.74, 6) is 0.209. The number of carbonyl (C=O) groups excluding carboxylic acids is 1. The third-order valence-corrected chi connectivity index (χ3v) is 5.40. The number of aromatic nitrogens is 1. The van der Waals surface area contributed by atoms with E-state index in [1.165, 1.54) is 11.8 Å². The van der Waals surface area contributed by atoms with Gasteiger partial charge in [-0.3, -0.25) is 14.8 Å². The molecule has 2 unspecified atom stereocenters. The van der Waals surface area contributed by atoms with Gasteiger partial charge in [0.15, 0.2) is 0 Å². The summed E-state index contributed by atoms with van der Waals surface area (Å²) in [5.41, 5.74) is 4.96. The Balaban J connectivity index is 1.99. The Kier molecular flexibility index (Phi) is 7.55. The molecule has 1 aromatic rings. The minimum Gasteiger partial charge on any atom is -0.312 e. The molecule has 150 valence electrons. The third-order valence-electron chi connectivity index (χ3n) is 4.18. The second-order valence-electron chi connectivity index (χ2n) is 6.30. The first-order valence-electron chi connectivity index (χ1n) is 8.89. The maximum absolute atomic E-state index is 12.8. The van der Waals surface area contributed by atoms with Gasteiger partial charge in [-0.25, -0.2) is 5.43 Å². The van der Waals surface area contributed by atoms with E-state index in [1.54, 1.807) is 24.2 Å². The number of hydrazine groups is 1. The number of hydrogen-bond donors (Lipinski definition) is 1. The van der Waals surface area contributed by atoms with E-state index < -0.39 is 17.8 Å². The van der Waals surface area contributed by atoms with Crippen molar-refractivity contribution in [1.82, 2.24) is 15.3 Å². The van der Waals surface area contributed by atoms with Gasteiger partial charge in [-0.05, 0) is 45.1 Å². The highest BCUT2D eigenvalue weighted by atomic mass is 32.2. The molecule has 0 saturated heterocycles. The summed E-state index contributed by atoms with van der Waals surface area (Å²) in [7, 11) is 0. The first-order chi connectivity index (χ1) is 12.7. The number of alkyl halides is 3. The number of amides is 1. The van der Waals surface area contributed by atoms with Gasteiger partial charge in [0.25, 0.3) is 0 Å². The number of nitrogens with one attached hydrogen (secondary N) is 1. The summed E-state index contributed by atoms with van der Waals surface area (Å²) in [6.45, 7) is 6.08. The van der Waals surface area contributed by atoms with Gasteiger partial charge < -0.3 is 4.90 Å². The predicted molar refractivity (Wildman–Crippen MR) is 102 cm³/mol. The molecule has 0 fully saturated rings. The highest BCUT2D eigenvalue weighted by molar-refractivity contribution is 8.00. The van der Waals surface area contributed by atoms with Crippen LogP contribution < -0.4 is 10.4 Å². The molecule has 9 heteroatoms. The number of hydrogen-bond acceptors (Lipinski definition) is 5. The molecule has 1 aromatic heterocycles. The van der Waals surface area contributed by atoms with Crippen molar-refractivity contribution in [3.8, 4) is 0 Å². The smallest absolute Gasteiger partial charge is 0.312 e. The standard InChI is InChI=1S/C18H25F3N4OS/c1-4-24(17(26)14(3)27-10-6-8-18(19,20)21)16-12-25(23-13(16)2)15-7-5-9-22-11-15/h5,7,9,11-14,23H,4,6,8,10H2,1-3H3. The largest absolute Gasteiger partial charge is 0.389 e. The van der Waals surface area contributed by atoms with Crippen molar-refractivity contribution < 1.29 is 18.0 Å². The summed E-state index contributed by atoms with van der Waals surface area (Å²) in [6, 6.07) is 3.66. The van der Waals surface area contributed by atoms with Crippen LogP contribution in [0.2, 0.25) is 0 Å². The van der Waals surface area contributed by atoms with Gasteiger partial charge >= 0.3 is 6.18 Å². The Hall–Kier alpha value is -1.74. The normalized spacial score (nSPS) is 18.4. The van der Waals surface area contributed by atoms with E-state index in [0.29, 0.717) is 12.3 Å². The fourth-order valence-corrected chi connectivity index (χ4v) is 3.73. The molecule has 0 radical (unpaired) electrons. The molecule has 27 heavy (non-hydrogen) atoms. The zero-order chi connectivity index (χ0) is 20.0. The second kappa shape index (κ2) is 9.45. The van der Waals surface area contributed by atoms with Crippen LogP contribution in [0.5, 0.6) is 0 Å². The SMILES string of the molecule is CCN(C(=O)C(C)SCCCC(F)(F)F)C1=CN(c2cccnc2)NC1C. The van der Waals surface area contributed by atoms with E-state index in [1.807, 2.05) is 37.2 Å². The van der Waals surface area contributed by atoms with Crippen LogP contribution in [0.25, 0.3) is 0 Å². The first kappa shape index (κ1) is 21.6. The number of halogens is 3. The number of carbonyl (C=O) groups is 1. The van der Waals surface area contributed by atoms with Gasteiger partial charge in [0.05, 0.1) is 28.9 Å². The highest BCUT2D eigenvalue weighted by Crippen LogP contribution is 2.26. The van der Waals surface area contributed by atoms with Crippen molar-refractivity contribution in [2.45, 2.75) is 51.1 Å². The van der Waals surface area contributed by atoms with Crippen LogP contribution in [0.3, 0.4) is 0 Å². The van der Waals surface area contributed by atoms with Crippen molar-refractivity contribution in [2.24, 2.45) is 0 Å². The molecule has 1 aliphatic rings. The number of thioether (sulfide) groups is 1. The van der Waals surface area contributed by atoms with Crippen LogP contribution in [0.15, 0.2) is 36.4 Å². The van der Waals surface area contributed by atoms with E-state index in [2.05, 4.69) is 10.4 Å². The molecule has 0 bridgehead atoms. The van der Waals surface area contributed by atoms with Crippen molar-refractivity contribution in [1.29, 1.82) is 0 Å². The molecular formula is C18H25F3N4OS. The summed E-state index contributed by atoms with van der Waals surface area (Å²) in [6.07, 6.45) is 0.334. The van der Waals surface area contributed by atoms with Gasteiger partial charge in [-0.2, -0.15) is 13.2 Å². The molecule has 5 nitrogen and oxygen atoms in total. The number of pyridine rings is 1. The summed E-state index contributed by atoms with van der Waals surface area (Å²) >= 11 is 1.26. The maximum atomic E-state index is 12.8. The highest BCUT2D eigenvalue weighted by Gasteiger charge is 2.31. The molecule has 1 amide bonds. The van der Waals surface area contributed by atoms with Crippen LogP contribution in [-0.4, -0.2) is 45.6 Å². The van der Waals surface area contributed by atoms with E-state index in [0.717, 1.165) is 11.4 Å². The van der Waals surface area contributed by atoms with Crippen LogP contribution in [0.1, 0.15) is 33.6 Å². The lowest BCUT2D eigenvalue weighted by Crippen LogP contribution is -2.41. The molecule has 0 saturated carbocycles. The van der Waals surface area contributed by atoms with Crippen molar-refractivity contribution in [2.75, 3.05) is 17.3 Å². The number of anilines is 1. The van der Waals surface area contributed by atoms with Gasteiger partial charge in [-0.1, -0.05) is 0 Å². The predicted octanol–water partition coefficient (Wildman–Crippen LogP) is 3.95. The van der Waals surface area contributed by atoms with Crippen molar-refractivity contribution >= 4 is 23.4 Å². The Morgan fingerprint density at radius 2 is 2.22 bits per heavy atom. The number of rotatable bonds is 8. The zero-order valence-electron chi connectivity index (χ0n) is 15.7. The molecule has 2 atom stereocenters. The van der Waals surface area contributed by atoms with E-state index in [4.69, 9.17) is 0 Å². The van der Waals surface area contributed by atoms with E-state index in [-0.39, 0.29) is 18.4 Å². The number of nitrogens with zero attached hydrogens (tertiary/aromatic N) is 3. The Morgan fingerprint density at radius 3 is 2.81 bits per heavy atom. The fourth-order valence-electron chi connectivity index (χ4n) is 2.79. The van der Waals surface area contributed by atoms with Crippen LogP contribution in [0, 0.1) is 0 Å². The summed E-state index contributed by atoms with van der Waals surface area (Å²) in [5, 5.41) is 1.42. The van der Waals surface area contributed by atoms with Crippen LogP contribution in [0.4, 0.5) is 18.9 Å². The Labute approximate surface area is 162 Å². The molecule has 2 heterocycles. The lowest BCUT2D eigenvalue weighted by atomic mass is 10.2. The first-order valence-corrected chi connectivity index (χ1v) is 9.94. The average molecular weight is 402 g/mol. The van der Waals surface area contributed by atoms with E-state index in [9.17, 15) is 18.0 Å². The molecule has 0 aromatic carbocycles. The molecule has 2 rings (SSSR count). The average Bonchev–Trinajstić information content (AvgIpc) is 3.01. The Morgan fingerprint density at radius 1 is 1.48 bits per heavy atom. The second-order valence-corrected chi connectivity index (χ2v) is 7.75. The van der Waals surface area contributed by atoms with Gasteiger partial charge in [-0.15, -0.1) is 11.8 Å². The molecular weight excluding hydrogens is 377 g/mol. The Bertz CT molecular complexity index is 654. The quantitative estimate of drug-likeness (QED) is 0.668. The molecule has 1 aliphatic heterocycles. The zero-order valence-corrected chi connectivity index (χ0v) is 16.5. The summed E-state index contributed by atoms with van der Waals surface area (Å²) in [4.78, 5) is 18.6. The van der Waals surface area contributed by atoms with Crippen LogP contribution >= 0.6 is 11.8 Å². The molecule has 0 spiro atoms. The fraction of sp³-hybridized carbons (Fsp3) is 0.556. The van der Waals surface area contributed by atoms with Gasteiger partial charge in [0.1, 0.15) is 0 Å². The lowest BCUT2D eigenvalue weighted by molar-refractivity contribution is -0.134. The minimum absolute atomic E-state index is 0.0212. The topological polar surface area (TPSA) is 48.5 Å². The minimum atomic E-state index is -4.14. The van der Waals surface area contributed by atoms with E-state index >= 15 is 0 Å². The van der Waals surface area contributed by atoms with Crippen LogP contribution in [-0.2, 0) is 4.79 Å². The number of likely N-dealkylation sites (N-methyl/N-ethyl adjacent to an activating group) is 1. The van der Waals surface area contributed by atoms with Crippen molar-refractivity contribution in [3.05, 3.63) is 36.4 Å². The monoisotopic (exact) mass is 402 g/mol. The lowest BCUT2D eigenvalue weighted by Gasteiger charge is -2.27. The van der Waals surface area contributed by atoms with Crippen molar-refractivity contribution in [3.63, 3.8) is 0 Å². The van der Waals surface area contributed by atoms with Gasteiger partial charge in [0.2, 0.25) is 5.91 Å². The summed E-state index contributed by atoms with van der Waals surface area (Å²) < 4.78 is 36.7. The molecule has 1 N–H and O–H groups in total. The third kappa shape index (κ3) is 6.14. The molecule has 0 aliphatic carbocycles.